The molecule has 0 aromatic heterocycles. The minimum atomic E-state index is -4.69. The minimum absolute atomic E-state index is 0.381. The van der Waals surface area contributed by atoms with Crippen LogP contribution in [0.2, 0.25) is 0 Å². The topological polar surface area (TPSA) is 37.3 Å². The van der Waals surface area contributed by atoms with Crippen LogP contribution in [0.5, 0.6) is 0 Å². The number of aliphatic carboxylic acids is 1. The molecule has 0 spiro atoms. The van der Waals surface area contributed by atoms with Crippen LogP contribution >= 0.6 is 11.6 Å². The third-order valence-corrected chi connectivity index (χ3v) is 4.05. The highest BCUT2D eigenvalue weighted by molar-refractivity contribution is 6.30. The Labute approximate surface area is 96.1 Å². The summed E-state index contributed by atoms with van der Waals surface area (Å²) in [7, 11) is 0. The number of carboxylic acids is 1. The van der Waals surface area contributed by atoms with E-state index in [9.17, 15) is 18.0 Å². The summed E-state index contributed by atoms with van der Waals surface area (Å²) in [6.45, 7) is 4.83. The van der Waals surface area contributed by atoms with Gasteiger partial charge in [0, 0.05) is 0 Å². The summed E-state index contributed by atoms with van der Waals surface area (Å²) in [6.07, 6.45) is -4.07. The van der Waals surface area contributed by atoms with E-state index in [0.717, 1.165) is 0 Å². The van der Waals surface area contributed by atoms with Gasteiger partial charge in [-0.25, -0.2) is 0 Å². The fourth-order valence-corrected chi connectivity index (χ4v) is 2.35. The van der Waals surface area contributed by atoms with Crippen LogP contribution in [0, 0.1) is 16.7 Å². The minimum Gasteiger partial charge on any atom is -0.481 e. The van der Waals surface area contributed by atoms with Crippen LogP contribution in [0.25, 0.3) is 0 Å². The lowest BCUT2D eigenvalue weighted by atomic mass is 9.95. The Hall–Kier alpha value is -0.710. The van der Waals surface area contributed by atoms with Crippen molar-refractivity contribution >= 4 is 17.6 Å². The summed E-state index contributed by atoms with van der Waals surface area (Å²) in [4.78, 5) is 11.1. The Morgan fingerprint density at radius 1 is 1.44 bits per heavy atom. The highest BCUT2D eigenvalue weighted by Crippen LogP contribution is 2.70. The molecule has 1 N–H and O–H groups in total. The molecule has 16 heavy (non-hydrogen) atoms. The molecule has 0 saturated heterocycles. The van der Waals surface area contributed by atoms with Crippen LogP contribution < -0.4 is 0 Å². The van der Waals surface area contributed by atoms with E-state index in [0.29, 0.717) is 6.08 Å². The van der Waals surface area contributed by atoms with Gasteiger partial charge < -0.3 is 5.11 Å². The van der Waals surface area contributed by atoms with Crippen molar-refractivity contribution in [3.8, 4) is 0 Å². The molecule has 0 radical (unpaired) electrons. The SMILES string of the molecule is CC1C(C)(C)C1(C=C(Cl)C(F)(F)F)C(=O)O. The van der Waals surface area contributed by atoms with Crippen LogP contribution in [0.4, 0.5) is 13.2 Å². The maximum Gasteiger partial charge on any atom is 0.426 e. The zero-order chi connectivity index (χ0) is 12.9. The third kappa shape index (κ3) is 1.61. The van der Waals surface area contributed by atoms with Gasteiger partial charge in [0.05, 0.1) is 5.41 Å². The molecule has 2 nitrogen and oxygen atoms in total. The number of alkyl halides is 3. The van der Waals surface area contributed by atoms with Gasteiger partial charge in [-0.05, 0) is 17.4 Å². The summed E-state index contributed by atoms with van der Waals surface area (Å²) < 4.78 is 36.8. The van der Waals surface area contributed by atoms with Crippen molar-refractivity contribution in [2.45, 2.75) is 26.9 Å². The summed E-state index contributed by atoms with van der Waals surface area (Å²) in [5, 5.41) is 7.69. The smallest absolute Gasteiger partial charge is 0.426 e. The molecular formula is C10H12ClF3O2. The maximum absolute atomic E-state index is 12.3. The number of carbonyl (C=O) groups is 1. The van der Waals surface area contributed by atoms with Gasteiger partial charge >= 0.3 is 12.1 Å². The molecular weight excluding hydrogens is 245 g/mol. The maximum atomic E-state index is 12.3. The fourth-order valence-electron chi connectivity index (χ4n) is 2.18. The van der Waals surface area contributed by atoms with Gasteiger partial charge in [0.2, 0.25) is 0 Å². The van der Waals surface area contributed by atoms with E-state index in [-0.39, 0.29) is 5.92 Å². The summed E-state index contributed by atoms with van der Waals surface area (Å²) >= 11 is 5.09. The molecule has 0 aromatic carbocycles. The molecule has 92 valence electrons. The van der Waals surface area contributed by atoms with Crippen molar-refractivity contribution in [1.29, 1.82) is 0 Å². The Morgan fingerprint density at radius 2 is 1.81 bits per heavy atom. The molecule has 1 aliphatic rings. The van der Waals surface area contributed by atoms with Gasteiger partial charge in [0.15, 0.2) is 0 Å². The second-order valence-electron chi connectivity index (χ2n) is 4.61. The van der Waals surface area contributed by atoms with Crippen molar-refractivity contribution in [3.63, 3.8) is 0 Å². The zero-order valence-electron chi connectivity index (χ0n) is 9.02. The lowest BCUT2D eigenvalue weighted by Crippen LogP contribution is -2.21. The first-order chi connectivity index (χ1) is 6.98. The summed E-state index contributed by atoms with van der Waals surface area (Å²) in [6, 6.07) is 0. The van der Waals surface area contributed by atoms with Gasteiger partial charge in [0.1, 0.15) is 5.03 Å². The van der Waals surface area contributed by atoms with E-state index >= 15 is 0 Å². The molecule has 1 saturated carbocycles. The molecule has 0 heterocycles. The quantitative estimate of drug-likeness (QED) is 0.822. The average molecular weight is 257 g/mol. The second kappa shape index (κ2) is 3.39. The molecule has 1 fully saturated rings. The highest BCUT2D eigenvalue weighted by atomic mass is 35.5. The first-order valence-electron chi connectivity index (χ1n) is 4.67. The molecule has 2 unspecified atom stereocenters. The van der Waals surface area contributed by atoms with Gasteiger partial charge in [-0.15, -0.1) is 0 Å². The first kappa shape index (κ1) is 13.4. The molecule has 1 aliphatic carbocycles. The van der Waals surface area contributed by atoms with Crippen molar-refractivity contribution in [1.82, 2.24) is 0 Å². The van der Waals surface area contributed by atoms with E-state index in [1.54, 1.807) is 20.8 Å². The Bertz CT molecular complexity index is 360. The number of hydrogen-bond acceptors (Lipinski definition) is 1. The standard InChI is InChI=1S/C10H12ClF3O2/c1-5-8(2,3)9(5,7(15)16)4-6(11)10(12,13)14/h4-5H,1-3H3,(H,15,16). The van der Waals surface area contributed by atoms with Crippen LogP contribution in [-0.4, -0.2) is 17.3 Å². The Morgan fingerprint density at radius 3 is 2.00 bits per heavy atom. The summed E-state index contributed by atoms with van der Waals surface area (Å²) in [5.74, 6) is -1.65. The van der Waals surface area contributed by atoms with E-state index in [4.69, 9.17) is 16.7 Å². The molecule has 0 aliphatic heterocycles. The van der Waals surface area contributed by atoms with E-state index in [1.165, 1.54) is 0 Å². The summed E-state index contributed by atoms with van der Waals surface area (Å²) in [5.41, 5.74) is -2.23. The lowest BCUT2D eigenvalue weighted by molar-refractivity contribution is -0.143. The zero-order valence-corrected chi connectivity index (χ0v) is 9.78. The van der Waals surface area contributed by atoms with E-state index in [2.05, 4.69) is 0 Å². The van der Waals surface area contributed by atoms with Crippen LogP contribution in [0.15, 0.2) is 11.1 Å². The fraction of sp³-hybridized carbons (Fsp3) is 0.700. The predicted octanol–water partition coefficient (Wildman–Crippen LogP) is 3.42. The molecule has 2 atom stereocenters. The van der Waals surface area contributed by atoms with Crippen molar-refractivity contribution in [2.75, 3.05) is 0 Å². The van der Waals surface area contributed by atoms with Gasteiger partial charge in [-0.3, -0.25) is 4.79 Å². The monoisotopic (exact) mass is 256 g/mol. The molecule has 6 heteroatoms. The second-order valence-corrected chi connectivity index (χ2v) is 5.01. The van der Waals surface area contributed by atoms with E-state index in [1.807, 2.05) is 0 Å². The highest BCUT2D eigenvalue weighted by Gasteiger charge is 2.72. The van der Waals surface area contributed by atoms with E-state index < -0.39 is 28.0 Å². The van der Waals surface area contributed by atoms with Crippen molar-refractivity contribution < 1.29 is 23.1 Å². The van der Waals surface area contributed by atoms with Crippen molar-refractivity contribution in [3.05, 3.63) is 11.1 Å². The normalized spacial score (nSPS) is 33.7. The number of allylic oxidation sites excluding steroid dienone is 1. The van der Waals surface area contributed by atoms with Crippen LogP contribution in [0.3, 0.4) is 0 Å². The predicted molar refractivity (Wildman–Crippen MR) is 53.0 cm³/mol. The number of rotatable bonds is 2. The largest absolute Gasteiger partial charge is 0.481 e. The van der Waals surface area contributed by atoms with Gasteiger partial charge in [-0.2, -0.15) is 13.2 Å². The van der Waals surface area contributed by atoms with Crippen LogP contribution in [0.1, 0.15) is 20.8 Å². The third-order valence-electron chi connectivity index (χ3n) is 3.73. The van der Waals surface area contributed by atoms with Gasteiger partial charge in [0.25, 0.3) is 0 Å². The molecule has 1 rings (SSSR count). The molecule has 0 aromatic rings. The molecule has 0 bridgehead atoms. The lowest BCUT2D eigenvalue weighted by Gasteiger charge is -2.13. The van der Waals surface area contributed by atoms with Crippen molar-refractivity contribution in [2.24, 2.45) is 16.7 Å². The molecule has 0 amide bonds. The number of halogens is 4. The van der Waals surface area contributed by atoms with Gasteiger partial charge in [-0.1, -0.05) is 32.4 Å². The Balaban J connectivity index is 3.17. The first-order valence-corrected chi connectivity index (χ1v) is 5.04. The van der Waals surface area contributed by atoms with Crippen LogP contribution in [-0.2, 0) is 4.79 Å². The number of carboxylic acid groups (broad SMARTS) is 1. The number of hydrogen-bond donors (Lipinski definition) is 1. The Kier molecular flexibility index (Phi) is 2.83. The average Bonchev–Trinajstić information content (AvgIpc) is 2.49.